The van der Waals surface area contributed by atoms with Gasteiger partial charge >= 0.3 is 0 Å². The highest BCUT2D eigenvalue weighted by atomic mass is 16.1. The number of benzene rings is 1. The second-order valence-electron chi connectivity index (χ2n) is 7.31. The van der Waals surface area contributed by atoms with Crippen LogP contribution in [0, 0.1) is 0 Å². The molecule has 1 aliphatic rings. The van der Waals surface area contributed by atoms with E-state index in [1.165, 1.54) is 6.20 Å². The Hall–Kier alpha value is -3.73. The molecule has 0 aliphatic heterocycles. The first kappa shape index (κ1) is 19.6. The fourth-order valence-electron chi connectivity index (χ4n) is 3.55. The second-order valence-corrected chi connectivity index (χ2v) is 7.31. The van der Waals surface area contributed by atoms with Crippen molar-refractivity contribution in [1.82, 2.24) is 25.0 Å². The van der Waals surface area contributed by atoms with Gasteiger partial charge in [-0.05, 0) is 31.0 Å². The number of anilines is 4. The maximum absolute atomic E-state index is 11.9. The third kappa shape index (κ3) is 4.30. The van der Waals surface area contributed by atoms with Gasteiger partial charge in [-0.3, -0.25) is 4.79 Å². The Balaban J connectivity index is 1.63. The quantitative estimate of drug-likeness (QED) is 0.375. The first-order chi connectivity index (χ1) is 14.5. The van der Waals surface area contributed by atoms with Gasteiger partial charge in [0.25, 0.3) is 5.91 Å². The summed E-state index contributed by atoms with van der Waals surface area (Å²) in [5.41, 5.74) is 19.7. The van der Waals surface area contributed by atoms with Gasteiger partial charge in [-0.1, -0.05) is 18.1 Å². The fourth-order valence-corrected chi connectivity index (χ4v) is 3.55. The molecule has 0 spiro atoms. The van der Waals surface area contributed by atoms with Gasteiger partial charge in [0.15, 0.2) is 0 Å². The molecule has 0 bridgehead atoms. The smallest absolute Gasteiger partial charge is 0.254 e. The summed E-state index contributed by atoms with van der Waals surface area (Å²) in [7, 11) is 0. The van der Waals surface area contributed by atoms with Gasteiger partial charge in [0.1, 0.15) is 11.4 Å². The van der Waals surface area contributed by atoms with Gasteiger partial charge in [-0.15, -0.1) is 5.10 Å². The number of aromatic nitrogens is 5. The highest BCUT2D eigenvalue weighted by Gasteiger charge is 2.23. The molecule has 156 valence electrons. The monoisotopic (exact) mass is 408 g/mol. The summed E-state index contributed by atoms with van der Waals surface area (Å²) in [6.45, 7) is 0. The number of nitrogens with two attached hydrogens (primary N) is 3. The van der Waals surface area contributed by atoms with Gasteiger partial charge in [-0.25, -0.2) is 9.67 Å². The van der Waals surface area contributed by atoms with Crippen LogP contribution >= 0.6 is 0 Å². The van der Waals surface area contributed by atoms with E-state index < -0.39 is 5.91 Å². The molecule has 2 aromatic heterocycles. The molecule has 11 heteroatoms. The maximum Gasteiger partial charge on any atom is 0.254 e. The number of nitrogens with one attached hydrogen (secondary N) is 2. The van der Waals surface area contributed by atoms with E-state index in [9.17, 15) is 4.79 Å². The predicted octanol–water partition coefficient (Wildman–Crippen LogP) is 1.16. The summed E-state index contributed by atoms with van der Waals surface area (Å²) in [5, 5.41) is 14.2. The zero-order chi connectivity index (χ0) is 21.1. The lowest BCUT2D eigenvalue weighted by Crippen LogP contribution is -2.43. The minimum atomic E-state index is -0.640. The molecular formula is C19H24N10O. The van der Waals surface area contributed by atoms with Gasteiger partial charge < -0.3 is 27.8 Å². The number of amides is 1. The first-order valence-corrected chi connectivity index (χ1v) is 9.73. The van der Waals surface area contributed by atoms with Crippen molar-refractivity contribution < 1.29 is 4.79 Å². The number of carbonyl (C=O) groups excluding carboxylic acids is 1. The molecule has 1 amide bonds. The molecular weight excluding hydrogens is 384 g/mol. The van der Waals surface area contributed by atoms with Crippen LogP contribution in [0.1, 0.15) is 36.0 Å². The third-order valence-corrected chi connectivity index (χ3v) is 5.08. The number of primary amides is 1. The van der Waals surface area contributed by atoms with Crippen molar-refractivity contribution in [3.05, 3.63) is 42.4 Å². The molecule has 0 unspecified atom stereocenters. The van der Waals surface area contributed by atoms with Crippen molar-refractivity contribution in [2.75, 3.05) is 16.4 Å². The number of hydrogen-bond acceptors (Lipinski definition) is 9. The summed E-state index contributed by atoms with van der Waals surface area (Å²) in [6.07, 6.45) is 8.80. The average molecular weight is 408 g/mol. The Morgan fingerprint density at radius 2 is 2.03 bits per heavy atom. The van der Waals surface area contributed by atoms with E-state index in [1.807, 2.05) is 6.07 Å². The number of rotatable bonds is 6. The summed E-state index contributed by atoms with van der Waals surface area (Å²) < 4.78 is 1.58. The van der Waals surface area contributed by atoms with Crippen LogP contribution in [0.15, 0.2) is 36.8 Å². The number of hydrogen-bond donors (Lipinski definition) is 5. The van der Waals surface area contributed by atoms with Crippen molar-refractivity contribution >= 4 is 29.0 Å². The summed E-state index contributed by atoms with van der Waals surface area (Å²) in [5.74, 6) is 0.0172. The highest BCUT2D eigenvalue weighted by Crippen LogP contribution is 2.25. The first-order valence-electron chi connectivity index (χ1n) is 9.73. The van der Waals surface area contributed by atoms with Crippen LogP contribution in [0.5, 0.6) is 0 Å². The van der Waals surface area contributed by atoms with Crippen molar-refractivity contribution in [1.29, 1.82) is 0 Å². The third-order valence-electron chi connectivity index (χ3n) is 5.08. The van der Waals surface area contributed by atoms with Crippen molar-refractivity contribution in [3.8, 4) is 5.69 Å². The molecule has 30 heavy (non-hydrogen) atoms. The van der Waals surface area contributed by atoms with E-state index in [-0.39, 0.29) is 23.5 Å². The topological polar surface area (TPSA) is 176 Å². The average Bonchev–Trinajstić information content (AvgIpc) is 3.24. The lowest BCUT2D eigenvalue weighted by atomic mass is 9.91. The Morgan fingerprint density at radius 3 is 2.77 bits per heavy atom. The van der Waals surface area contributed by atoms with E-state index in [0.29, 0.717) is 23.0 Å². The molecule has 1 saturated carbocycles. The summed E-state index contributed by atoms with van der Waals surface area (Å²) >= 11 is 0. The Bertz CT molecular complexity index is 1040. The maximum atomic E-state index is 11.9. The van der Waals surface area contributed by atoms with Crippen LogP contribution < -0.4 is 27.8 Å². The molecule has 2 heterocycles. The predicted molar refractivity (Wildman–Crippen MR) is 113 cm³/mol. The second kappa shape index (κ2) is 8.33. The number of nitrogens with zero attached hydrogens (tertiary/aromatic N) is 5. The van der Waals surface area contributed by atoms with E-state index in [0.717, 1.165) is 25.7 Å². The lowest BCUT2D eigenvalue weighted by molar-refractivity contribution is 0.100. The van der Waals surface area contributed by atoms with Gasteiger partial charge in [0, 0.05) is 29.7 Å². The van der Waals surface area contributed by atoms with Crippen molar-refractivity contribution in [3.63, 3.8) is 0 Å². The molecule has 0 radical (unpaired) electrons. The van der Waals surface area contributed by atoms with E-state index in [4.69, 9.17) is 17.2 Å². The molecule has 11 nitrogen and oxygen atoms in total. The van der Waals surface area contributed by atoms with E-state index in [2.05, 4.69) is 30.9 Å². The van der Waals surface area contributed by atoms with Gasteiger partial charge in [-0.2, -0.15) is 4.98 Å². The van der Waals surface area contributed by atoms with E-state index in [1.54, 1.807) is 29.2 Å². The van der Waals surface area contributed by atoms with Crippen LogP contribution in [0.2, 0.25) is 0 Å². The minimum absolute atomic E-state index is 0.0359. The number of nitrogen functional groups attached to an aromatic ring is 1. The lowest BCUT2D eigenvalue weighted by Gasteiger charge is -2.29. The van der Waals surface area contributed by atoms with Gasteiger partial charge in [0.2, 0.25) is 5.95 Å². The zero-order valence-electron chi connectivity index (χ0n) is 16.3. The normalized spacial score (nSPS) is 18.7. The highest BCUT2D eigenvalue weighted by molar-refractivity contribution is 5.98. The fraction of sp³-hybridized carbons (Fsp3) is 0.316. The summed E-state index contributed by atoms with van der Waals surface area (Å²) in [6, 6.07) is 5.40. The molecule has 1 aliphatic carbocycles. The molecule has 1 aromatic carbocycles. The van der Waals surface area contributed by atoms with Crippen molar-refractivity contribution in [2.45, 2.75) is 37.8 Å². The largest absolute Gasteiger partial charge is 0.399 e. The Labute approximate surface area is 173 Å². The zero-order valence-corrected chi connectivity index (χ0v) is 16.3. The standard InChI is InChI=1S/C19H24N10O/c20-11-7-12(9-13(8-11)29-6-5-24-28-29)25-18-14(17(22)30)10-23-19(27-18)26-16-4-2-1-3-15(16)21/h5-10,15-16H,1-4,20-21H2,(H2,22,30)(H2,23,25,26,27)/t15-,16+/m0/s1. The van der Waals surface area contributed by atoms with Crippen LogP contribution in [0.4, 0.5) is 23.1 Å². The van der Waals surface area contributed by atoms with Crippen LogP contribution in [0.3, 0.4) is 0 Å². The summed E-state index contributed by atoms with van der Waals surface area (Å²) in [4.78, 5) is 20.6. The van der Waals surface area contributed by atoms with E-state index >= 15 is 0 Å². The Kier molecular flexibility index (Phi) is 5.44. The minimum Gasteiger partial charge on any atom is -0.399 e. The number of carbonyl (C=O) groups is 1. The molecule has 0 saturated heterocycles. The van der Waals surface area contributed by atoms with Crippen LogP contribution in [-0.2, 0) is 0 Å². The molecule has 2 atom stereocenters. The van der Waals surface area contributed by atoms with Crippen molar-refractivity contribution in [2.24, 2.45) is 11.5 Å². The molecule has 1 fully saturated rings. The van der Waals surface area contributed by atoms with Crippen LogP contribution in [0.25, 0.3) is 5.69 Å². The molecule has 3 aromatic rings. The van der Waals surface area contributed by atoms with Crippen LogP contribution in [-0.4, -0.2) is 43.0 Å². The Morgan fingerprint density at radius 1 is 1.20 bits per heavy atom. The SMILES string of the molecule is NC(=O)c1cnc(N[C@@H]2CCCC[C@@H]2N)nc1Nc1cc(N)cc(-n2ccnn2)c1. The molecule has 4 rings (SSSR count). The van der Waals surface area contributed by atoms with Gasteiger partial charge in [0.05, 0.1) is 18.1 Å². The molecule has 8 N–H and O–H groups in total.